The van der Waals surface area contributed by atoms with E-state index in [0.29, 0.717) is 11.3 Å². The Bertz CT molecular complexity index is 753. The van der Waals surface area contributed by atoms with Crippen molar-refractivity contribution in [1.29, 1.82) is 0 Å². The van der Waals surface area contributed by atoms with Crippen molar-refractivity contribution in [3.05, 3.63) is 66.2 Å². The lowest BCUT2D eigenvalue weighted by atomic mass is 10.0. The molecule has 0 bridgehead atoms. The molecule has 0 saturated heterocycles. The van der Waals surface area contributed by atoms with Crippen LogP contribution in [0.25, 0.3) is 22.2 Å². The zero-order valence-electron chi connectivity index (χ0n) is 10.1. The number of rotatable bonds is 2. The largest absolute Gasteiger partial charge is 0.282 e. The van der Waals surface area contributed by atoms with Gasteiger partial charge in [-0.05, 0) is 12.1 Å². The van der Waals surface area contributed by atoms with E-state index in [0.717, 1.165) is 16.5 Å². The molecule has 0 aliphatic carbocycles. The van der Waals surface area contributed by atoms with Crippen LogP contribution in [0.15, 0.2) is 60.7 Å². The molecule has 92 valence electrons. The summed E-state index contributed by atoms with van der Waals surface area (Å²) in [6, 6.07) is 19.3. The zero-order valence-corrected chi connectivity index (χ0v) is 11.0. The minimum Gasteiger partial charge on any atom is -0.282 e. The van der Waals surface area contributed by atoms with Crippen LogP contribution in [0.2, 0.25) is 0 Å². The number of hydrogen-bond donors (Lipinski definition) is 1. The highest BCUT2D eigenvalue weighted by atomic mass is 32.1. The Morgan fingerprint density at radius 1 is 0.947 bits per heavy atom. The Morgan fingerprint density at radius 2 is 1.63 bits per heavy atom. The maximum atomic E-state index is 11.7. The van der Waals surface area contributed by atoms with E-state index in [1.807, 2.05) is 60.7 Å². The fourth-order valence-corrected chi connectivity index (χ4v) is 2.27. The second-order valence-corrected chi connectivity index (χ2v) is 4.65. The van der Waals surface area contributed by atoms with Crippen LogP contribution in [0.1, 0.15) is 10.4 Å². The summed E-state index contributed by atoms with van der Waals surface area (Å²) in [6.07, 6.45) is 0. The van der Waals surface area contributed by atoms with Crippen LogP contribution in [0.3, 0.4) is 0 Å². The standard InChI is InChI=1S/C16H11NOS/c18-16(19)13-10-12-8-4-5-9-14(12)17-15(13)11-6-2-1-3-7-11/h1-10H,(H,18,19). The minimum absolute atomic E-state index is 0.267. The van der Waals surface area contributed by atoms with Crippen LogP contribution in [0.5, 0.6) is 0 Å². The quantitative estimate of drug-likeness (QED) is 0.710. The molecule has 0 radical (unpaired) electrons. The Morgan fingerprint density at radius 3 is 2.37 bits per heavy atom. The smallest absolute Gasteiger partial charge is 0.218 e. The first-order valence-corrected chi connectivity index (χ1v) is 6.39. The van der Waals surface area contributed by atoms with Gasteiger partial charge in [0, 0.05) is 10.9 Å². The summed E-state index contributed by atoms with van der Waals surface area (Å²) in [6.45, 7) is 0. The number of thiol groups is 1. The number of benzene rings is 2. The van der Waals surface area contributed by atoms with Gasteiger partial charge in [-0.3, -0.25) is 4.79 Å². The van der Waals surface area contributed by atoms with E-state index in [1.165, 1.54) is 0 Å². The zero-order chi connectivity index (χ0) is 13.2. The Kier molecular flexibility index (Phi) is 3.05. The lowest BCUT2D eigenvalue weighted by molar-refractivity contribution is 0.109. The fourth-order valence-electron chi connectivity index (χ4n) is 2.10. The van der Waals surface area contributed by atoms with Gasteiger partial charge in [0.2, 0.25) is 5.12 Å². The number of fused-ring (bicyclic) bond motifs is 1. The monoisotopic (exact) mass is 265 g/mol. The molecule has 0 aliphatic rings. The molecule has 3 heteroatoms. The Labute approximate surface area is 116 Å². The van der Waals surface area contributed by atoms with Gasteiger partial charge < -0.3 is 0 Å². The van der Waals surface area contributed by atoms with Gasteiger partial charge in [-0.1, -0.05) is 48.5 Å². The highest BCUT2D eigenvalue weighted by Crippen LogP contribution is 2.26. The van der Waals surface area contributed by atoms with E-state index < -0.39 is 0 Å². The van der Waals surface area contributed by atoms with E-state index >= 15 is 0 Å². The molecular weight excluding hydrogens is 254 g/mol. The van der Waals surface area contributed by atoms with Gasteiger partial charge in [0.05, 0.1) is 16.8 Å². The number of carbonyl (C=O) groups is 1. The molecule has 0 fully saturated rings. The molecule has 0 N–H and O–H groups in total. The molecule has 0 unspecified atom stereocenters. The van der Waals surface area contributed by atoms with Gasteiger partial charge in [0.15, 0.2) is 0 Å². The molecule has 2 aromatic carbocycles. The molecule has 0 saturated carbocycles. The first kappa shape index (κ1) is 11.9. The molecule has 0 amide bonds. The van der Waals surface area contributed by atoms with Crippen LogP contribution < -0.4 is 0 Å². The summed E-state index contributed by atoms with van der Waals surface area (Å²) in [5, 5.41) is 0.677. The van der Waals surface area contributed by atoms with Crippen molar-refractivity contribution in [2.45, 2.75) is 0 Å². The maximum Gasteiger partial charge on any atom is 0.218 e. The summed E-state index contributed by atoms with van der Waals surface area (Å²) < 4.78 is 0. The molecule has 0 atom stereocenters. The summed E-state index contributed by atoms with van der Waals surface area (Å²) in [7, 11) is 0. The van der Waals surface area contributed by atoms with Gasteiger partial charge in [0.1, 0.15) is 0 Å². The van der Waals surface area contributed by atoms with E-state index in [-0.39, 0.29) is 5.12 Å². The molecule has 0 spiro atoms. The highest BCUT2D eigenvalue weighted by Gasteiger charge is 2.12. The third-order valence-corrected chi connectivity index (χ3v) is 3.24. The van der Waals surface area contributed by atoms with E-state index in [9.17, 15) is 4.79 Å². The molecule has 3 aromatic rings. The summed E-state index contributed by atoms with van der Waals surface area (Å²) in [4.78, 5) is 16.3. The number of pyridine rings is 1. The lowest BCUT2D eigenvalue weighted by Gasteiger charge is -2.08. The summed E-state index contributed by atoms with van der Waals surface area (Å²) >= 11 is 3.95. The van der Waals surface area contributed by atoms with Crippen molar-refractivity contribution >= 4 is 28.6 Å². The number of para-hydroxylation sites is 1. The normalized spacial score (nSPS) is 10.6. The number of hydrogen-bond acceptors (Lipinski definition) is 2. The van der Waals surface area contributed by atoms with E-state index in [4.69, 9.17) is 0 Å². The number of aromatic nitrogens is 1. The van der Waals surface area contributed by atoms with Gasteiger partial charge in [-0.25, -0.2) is 4.98 Å². The van der Waals surface area contributed by atoms with E-state index in [2.05, 4.69) is 17.6 Å². The van der Waals surface area contributed by atoms with Crippen molar-refractivity contribution in [3.63, 3.8) is 0 Å². The second-order valence-electron chi connectivity index (χ2n) is 4.25. The Hall–Kier alpha value is -2.13. The third-order valence-electron chi connectivity index (χ3n) is 3.00. The molecule has 1 heterocycles. The predicted octanol–water partition coefficient (Wildman–Crippen LogP) is 3.97. The summed E-state index contributed by atoms with van der Waals surface area (Å²) in [5.41, 5.74) is 3.01. The first-order valence-electron chi connectivity index (χ1n) is 5.94. The van der Waals surface area contributed by atoms with Crippen molar-refractivity contribution in [1.82, 2.24) is 4.98 Å². The Balaban J connectivity index is 2.33. The average molecular weight is 265 g/mol. The third kappa shape index (κ3) is 2.25. The van der Waals surface area contributed by atoms with Crippen LogP contribution in [0, 0.1) is 0 Å². The molecule has 2 nitrogen and oxygen atoms in total. The van der Waals surface area contributed by atoms with Crippen molar-refractivity contribution in [3.8, 4) is 11.3 Å². The van der Waals surface area contributed by atoms with Gasteiger partial charge in [-0.2, -0.15) is 0 Å². The van der Waals surface area contributed by atoms with Crippen LogP contribution in [-0.2, 0) is 0 Å². The van der Waals surface area contributed by atoms with Crippen molar-refractivity contribution in [2.75, 3.05) is 0 Å². The first-order chi connectivity index (χ1) is 9.25. The van der Waals surface area contributed by atoms with Crippen LogP contribution in [0.4, 0.5) is 0 Å². The van der Waals surface area contributed by atoms with Gasteiger partial charge in [-0.15, -0.1) is 12.6 Å². The van der Waals surface area contributed by atoms with Crippen LogP contribution in [-0.4, -0.2) is 10.1 Å². The predicted molar refractivity (Wildman–Crippen MR) is 80.5 cm³/mol. The molecule has 19 heavy (non-hydrogen) atoms. The van der Waals surface area contributed by atoms with E-state index in [1.54, 1.807) is 0 Å². The van der Waals surface area contributed by atoms with Gasteiger partial charge in [0.25, 0.3) is 0 Å². The molecular formula is C16H11NOS. The molecule has 1 aromatic heterocycles. The maximum absolute atomic E-state index is 11.7. The molecule has 3 rings (SSSR count). The highest BCUT2D eigenvalue weighted by molar-refractivity contribution is 7.97. The number of nitrogens with zero attached hydrogens (tertiary/aromatic N) is 1. The fraction of sp³-hybridized carbons (Fsp3) is 0. The van der Waals surface area contributed by atoms with Crippen molar-refractivity contribution in [2.24, 2.45) is 0 Å². The summed E-state index contributed by atoms with van der Waals surface area (Å²) in [5.74, 6) is 0. The average Bonchev–Trinajstić information content (AvgIpc) is 2.46. The van der Waals surface area contributed by atoms with Gasteiger partial charge >= 0.3 is 0 Å². The van der Waals surface area contributed by atoms with Crippen molar-refractivity contribution < 1.29 is 4.79 Å². The lowest BCUT2D eigenvalue weighted by Crippen LogP contribution is -1.97. The molecule has 0 aliphatic heterocycles. The topological polar surface area (TPSA) is 30.0 Å². The van der Waals surface area contributed by atoms with Crippen LogP contribution >= 0.6 is 12.6 Å². The number of carbonyl (C=O) groups excluding carboxylic acids is 1. The minimum atomic E-state index is -0.267. The SMILES string of the molecule is O=C(S)c1cc2ccccc2nc1-c1ccccc1. The second kappa shape index (κ2) is 4.86.